The molecule has 7 nitrogen and oxygen atoms in total. The van der Waals surface area contributed by atoms with Gasteiger partial charge in [0.25, 0.3) is 5.91 Å². The van der Waals surface area contributed by atoms with Gasteiger partial charge >= 0.3 is 0 Å². The molecule has 6 unspecified atom stereocenters. The minimum Gasteiger partial charge on any atom is -0.384 e. The summed E-state index contributed by atoms with van der Waals surface area (Å²) in [6.45, 7) is 10.2. The Kier molecular flexibility index (Phi) is 8.66. The fraction of sp³-hybridized carbons (Fsp3) is 0.552. The lowest BCUT2D eigenvalue weighted by Gasteiger charge is -2.41. The number of nitrogens with zero attached hydrogens (tertiary/aromatic N) is 4. The Balaban J connectivity index is 1.87. The summed E-state index contributed by atoms with van der Waals surface area (Å²) in [5.41, 5.74) is -0.731. The van der Waals surface area contributed by atoms with E-state index < -0.39 is 47.2 Å². The molecule has 39 heavy (non-hydrogen) atoms. The van der Waals surface area contributed by atoms with Gasteiger partial charge in [-0.05, 0) is 36.5 Å². The summed E-state index contributed by atoms with van der Waals surface area (Å²) in [5, 5.41) is 18.0. The number of hydrogen-bond acceptors (Lipinski definition) is 5. The van der Waals surface area contributed by atoms with E-state index in [0.29, 0.717) is 18.9 Å². The van der Waals surface area contributed by atoms with Crippen LogP contribution in [0.15, 0.2) is 42.5 Å². The monoisotopic (exact) mass is 545 g/mol. The third kappa shape index (κ3) is 6.44. The second-order valence-electron chi connectivity index (χ2n) is 11.8. The lowest BCUT2D eigenvalue weighted by atomic mass is 9.83. The molecule has 1 aromatic carbocycles. The van der Waals surface area contributed by atoms with E-state index in [4.69, 9.17) is 4.98 Å². The molecule has 1 aliphatic heterocycles. The summed E-state index contributed by atoms with van der Waals surface area (Å²) in [4.78, 5) is 19.7. The molecule has 6 atom stereocenters. The normalized spacial score (nSPS) is 24.6. The number of aliphatic hydroxyl groups is 1. The number of amides is 1. The van der Waals surface area contributed by atoms with Gasteiger partial charge in [0, 0.05) is 38.0 Å². The minimum atomic E-state index is -1.33. The van der Waals surface area contributed by atoms with Gasteiger partial charge in [-0.1, -0.05) is 52.0 Å². The lowest BCUT2D eigenvalue weighted by molar-refractivity contribution is -0.146. The number of aromatic nitrogens is 3. The predicted molar refractivity (Wildman–Crippen MR) is 143 cm³/mol. The molecule has 0 saturated carbocycles. The van der Waals surface area contributed by atoms with Gasteiger partial charge in [-0.15, -0.1) is 0 Å². The van der Waals surface area contributed by atoms with Crippen molar-refractivity contribution < 1.29 is 23.1 Å². The standard InChI is InChI=1S/C29H38F3N5O2/c1-17-8-6-7-9-19(17)16-37-27(34-26(35-37)22-12-21(30)10-11-23(22)31)25(29(3,4)5)36(28(39)18(2)38)15-20-13-33-14-24(20)32/h6-12,17-20,24-25,33,38H,13-16H2,1-5H3. The third-order valence-electron chi connectivity index (χ3n) is 7.52. The summed E-state index contributed by atoms with van der Waals surface area (Å²) in [6.07, 6.45) is 5.58. The first-order chi connectivity index (χ1) is 18.4. The van der Waals surface area contributed by atoms with Crippen molar-refractivity contribution >= 4 is 5.91 Å². The maximum absolute atomic E-state index is 14.8. The van der Waals surface area contributed by atoms with E-state index in [1.807, 2.05) is 32.9 Å². The van der Waals surface area contributed by atoms with Gasteiger partial charge < -0.3 is 15.3 Å². The van der Waals surface area contributed by atoms with Gasteiger partial charge in [-0.25, -0.2) is 22.8 Å². The van der Waals surface area contributed by atoms with Gasteiger partial charge in [-0.3, -0.25) is 4.79 Å². The van der Waals surface area contributed by atoms with Gasteiger partial charge in [-0.2, -0.15) is 5.10 Å². The van der Waals surface area contributed by atoms with Crippen LogP contribution in [0.2, 0.25) is 0 Å². The van der Waals surface area contributed by atoms with Crippen LogP contribution in [0.1, 0.15) is 46.5 Å². The van der Waals surface area contributed by atoms with Crippen LogP contribution in [0.4, 0.5) is 13.2 Å². The van der Waals surface area contributed by atoms with Gasteiger partial charge in [0.15, 0.2) is 11.6 Å². The predicted octanol–water partition coefficient (Wildman–Crippen LogP) is 4.46. The van der Waals surface area contributed by atoms with Crippen LogP contribution in [0, 0.1) is 34.8 Å². The van der Waals surface area contributed by atoms with Crippen molar-refractivity contribution in [2.24, 2.45) is 23.2 Å². The molecule has 0 bridgehead atoms. The Morgan fingerprint density at radius 2 is 1.95 bits per heavy atom. The lowest BCUT2D eigenvalue weighted by Crippen LogP contribution is -2.49. The first-order valence-electron chi connectivity index (χ1n) is 13.4. The molecule has 0 radical (unpaired) electrons. The summed E-state index contributed by atoms with van der Waals surface area (Å²) in [5.74, 6) is -1.74. The Bertz CT molecular complexity index is 1240. The second-order valence-corrected chi connectivity index (χ2v) is 11.8. The fourth-order valence-corrected chi connectivity index (χ4v) is 5.35. The zero-order valence-electron chi connectivity index (χ0n) is 23.1. The molecule has 10 heteroatoms. The average molecular weight is 546 g/mol. The van der Waals surface area contributed by atoms with E-state index >= 15 is 0 Å². The van der Waals surface area contributed by atoms with Gasteiger partial charge in [0.1, 0.15) is 23.9 Å². The number of carbonyl (C=O) groups excluding carboxylic acids is 1. The Labute approximate surface area is 227 Å². The Morgan fingerprint density at radius 3 is 2.56 bits per heavy atom. The van der Waals surface area contributed by atoms with Crippen LogP contribution in [-0.2, 0) is 11.3 Å². The number of nitrogens with one attached hydrogen (secondary N) is 1. The van der Waals surface area contributed by atoms with E-state index in [-0.39, 0.29) is 36.3 Å². The first-order valence-corrected chi connectivity index (χ1v) is 13.4. The molecule has 212 valence electrons. The molecule has 1 aromatic heterocycles. The van der Waals surface area contributed by atoms with Crippen molar-refractivity contribution in [3.8, 4) is 11.4 Å². The van der Waals surface area contributed by atoms with Crippen LogP contribution in [0.25, 0.3) is 11.4 Å². The zero-order chi connectivity index (χ0) is 28.5. The average Bonchev–Trinajstić information content (AvgIpc) is 3.46. The number of hydrogen-bond donors (Lipinski definition) is 2. The van der Waals surface area contributed by atoms with Crippen molar-refractivity contribution in [1.29, 1.82) is 0 Å². The number of rotatable bonds is 8. The largest absolute Gasteiger partial charge is 0.384 e. The highest BCUT2D eigenvalue weighted by molar-refractivity contribution is 5.80. The highest BCUT2D eigenvalue weighted by Crippen LogP contribution is 2.40. The summed E-state index contributed by atoms with van der Waals surface area (Å²) in [6, 6.07) is 2.36. The molecule has 0 spiro atoms. The zero-order valence-corrected chi connectivity index (χ0v) is 23.1. The van der Waals surface area contributed by atoms with Gasteiger partial charge in [0.05, 0.1) is 11.6 Å². The number of aliphatic hydroxyl groups excluding tert-OH is 1. The SMILES string of the molecule is CC(O)C(=O)N(CC1CNCC1F)C(c1nc(-c2cc(F)ccc2F)nn1CC1C=CC=CC1C)C(C)(C)C. The highest BCUT2D eigenvalue weighted by Gasteiger charge is 2.42. The number of carbonyl (C=O) groups is 1. The Hall–Kier alpha value is -2.98. The van der Waals surface area contributed by atoms with Crippen molar-refractivity contribution in [3.05, 3.63) is 60.0 Å². The van der Waals surface area contributed by atoms with Crippen molar-refractivity contribution in [2.75, 3.05) is 19.6 Å². The smallest absolute Gasteiger partial charge is 0.251 e. The maximum atomic E-state index is 14.8. The molecule has 2 N–H and O–H groups in total. The molecule has 2 aliphatic rings. The summed E-state index contributed by atoms with van der Waals surface area (Å²) in [7, 11) is 0. The highest BCUT2D eigenvalue weighted by atomic mass is 19.1. The number of halogens is 3. The topological polar surface area (TPSA) is 83.3 Å². The van der Waals surface area contributed by atoms with Crippen molar-refractivity contribution in [3.63, 3.8) is 0 Å². The molecule has 1 amide bonds. The molecule has 4 rings (SSSR count). The van der Waals surface area contributed by atoms with Crippen LogP contribution in [0.3, 0.4) is 0 Å². The quantitative estimate of drug-likeness (QED) is 0.512. The summed E-state index contributed by atoms with van der Waals surface area (Å²) >= 11 is 0. The molecule has 2 aromatic rings. The number of alkyl halides is 1. The third-order valence-corrected chi connectivity index (χ3v) is 7.52. The van der Waals surface area contributed by atoms with Gasteiger partial charge in [0.2, 0.25) is 0 Å². The van der Waals surface area contributed by atoms with Crippen molar-refractivity contribution in [2.45, 2.75) is 59.5 Å². The van der Waals surface area contributed by atoms with E-state index in [9.17, 15) is 23.1 Å². The molecule has 2 heterocycles. The first kappa shape index (κ1) is 29.0. The fourth-order valence-electron chi connectivity index (χ4n) is 5.35. The van der Waals surface area contributed by atoms with Crippen LogP contribution in [0.5, 0.6) is 0 Å². The molecular weight excluding hydrogens is 507 g/mol. The van der Waals surface area contributed by atoms with E-state index in [2.05, 4.69) is 29.5 Å². The van der Waals surface area contributed by atoms with Crippen LogP contribution >= 0.6 is 0 Å². The molecule has 1 saturated heterocycles. The van der Waals surface area contributed by atoms with E-state index in [1.165, 1.54) is 11.8 Å². The molecular formula is C29H38F3N5O2. The molecule has 1 fully saturated rings. The number of allylic oxidation sites excluding steroid dienone is 4. The minimum absolute atomic E-state index is 0.00502. The van der Waals surface area contributed by atoms with Crippen molar-refractivity contribution in [1.82, 2.24) is 25.0 Å². The van der Waals surface area contributed by atoms with Crippen LogP contribution in [-0.4, -0.2) is 62.6 Å². The Morgan fingerprint density at radius 1 is 1.23 bits per heavy atom. The second kappa shape index (κ2) is 11.6. The summed E-state index contributed by atoms with van der Waals surface area (Å²) < 4.78 is 45.3. The molecule has 1 aliphatic carbocycles. The van der Waals surface area contributed by atoms with Crippen LogP contribution < -0.4 is 5.32 Å². The van der Waals surface area contributed by atoms with E-state index in [1.54, 1.807) is 4.68 Å². The number of benzene rings is 1. The van der Waals surface area contributed by atoms with E-state index in [0.717, 1.165) is 18.2 Å². The maximum Gasteiger partial charge on any atom is 0.251 e.